The van der Waals surface area contributed by atoms with Crippen molar-refractivity contribution in [3.63, 3.8) is 0 Å². The van der Waals surface area contributed by atoms with Crippen molar-refractivity contribution in [1.29, 1.82) is 0 Å². The summed E-state index contributed by atoms with van der Waals surface area (Å²) in [4.78, 5) is 0. The third-order valence-corrected chi connectivity index (χ3v) is 3.77. The van der Waals surface area contributed by atoms with E-state index in [0.29, 0.717) is 5.92 Å². The number of tetrazole rings is 2. The first-order valence-corrected chi connectivity index (χ1v) is 7.49. The molecule has 118 valence electrons. The lowest BCUT2D eigenvalue weighted by atomic mass is 9.91. The van der Waals surface area contributed by atoms with Gasteiger partial charge in [0.25, 0.3) is 0 Å². The van der Waals surface area contributed by atoms with E-state index < -0.39 is 0 Å². The van der Waals surface area contributed by atoms with E-state index in [9.17, 15) is 0 Å². The molecule has 1 unspecified atom stereocenters. The van der Waals surface area contributed by atoms with Crippen LogP contribution < -0.4 is 0 Å². The molecule has 23 heavy (non-hydrogen) atoms. The molecule has 2 heterocycles. The third-order valence-electron chi connectivity index (χ3n) is 3.77. The van der Waals surface area contributed by atoms with Crippen LogP contribution in [0.3, 0.4) is 0 Å². The minimum atomic E-state index is 0.376. The molecule has 8 heteroatoms. The van der Waals surface area contributed by atoms with Crippen LogP contribution in [-0.2, 0) is 19.3 Å². The van der Waals surface area contributed by atoms with Gasteiger partial charge >= 0.3 is 0 Å². The Labute approximate surface area is 133 Å². The quantitative estimate of drug-likeness (QED) is 0.650. The smallest absolute Gasteiger partial charge is 0.174 e. The zero-order valence-electron chi connectivity index (χ0n) is 12.7. The molecule has 0 aliphatic rings. The Morgan fingerprint density at radius 1 is 0.957 bits per heavy atom. The fourth-order valence-electron chi connectivity index (χ4n) is 2.55. The summed E-state index contributed by atoms with van der Waals surface area (Å²) >= 11 is 0. The van der Waals surface area contributed by atoms with Gasteiger partial charge in [0.05, 0.1) is 0 Å². The molecule has 2 N–H and O–H groups in total. The molecule has 8 nitrogen and oxygen atoms in total. The van der Waals surface area contributed by atoms with Crippen LogP contribution in [-0.4, -0.2) is 41.2 Å². The Morgan fingerprint density at radius 2 is 1.65 bits per heavy atom. The third kappa shape index (κ3) is 4.29. The fraction of sp³-hybridized carbons (Fsp3) is 0.333. The number of rotatable bonds is 8. The zero-order valence-corrected chi connectivity index (χ0v) is 12.7. The van der Waals surface area contributed by atoms with Gasteiger partial charge in [0.15, 0.2) is 11.6 Å². The van der Waals surface area contributed by atoms with Crippen molar-refractivity contribution >= 4 is 6.08 Å². The van der Waals surface area contributed by atoms with E-state index >= 15 is 0 Å². The highest BCUT2D eigenvalue weighted by Gasteiger charge is 2.15. The Balaban J connectivity index is 1.66. The van der Waals surface area contributed by atoms with Crippen molar-refractivity contribution in [1.82, 2.24) is 41.2 Å². The summed E-state index contributed by atoms with van der Waals surface area (Å²) in [6.07, 6.45) is 5.24. The average Bonchev–Trinajstić information content (AvgIpc) is 3.27. The minimum absolute atomic E-state index is 0.376. The second kappa shape index (κ2) is 7.39. The molecular weight excluding hydrogens is 292 g/mol. The van der Waals surface area contributed by atoms with Crippen molar-refractivity contribution in [2.45, 2.75) is 25.7 Å². The van der Waals surface area contributed by atoms with Gasteiger partial charge in [-0.25, -0.2) is 0 Å². The number of aromatic amines is 2. The van der Waals surface area contributed by atoms with Crippen LogP contribution in [0.15, 0.2) is 30.8 Å². The molecule has 0 aliphatic heterocycles. The molecule has 0 bridgehead atoms. The molecule has 0 saturated carbocycles. The lowest BCUT2D eigenvalue weighted by Gasteiger charge is -2.14. The molecule has 3 rings (SSSR count). The van der Waals surface area contributed by atoms with E-state index in [1.165, 1.54) is 5.56 Å². The number of hydrogen-bond acceptors (Lipinski definition) is 6. The summed E-state index contributed by atoms with van der Waals surface area (Å²) in [6, 6.07) is 8.42. The second-order valence-electron chi connectivity index (χ2n) is 5.41. The summed E-state index contributed by atoms with van der Waals surface area (Å²) < 4.78 is 0. The van der Waals surface area contributed by atoms with Crippen molar-refractivity contribution in [2.24, 2.45) is 5.92 Å². The first-order valence-electron chi connectivity index (χ1n) is 7.49. The van der Waals surface area contributed by atoms with E-state index in [2.05, 4.69) is 72.1 Å². The molecule has 0 radical (unpaired) electrons. The highest BCUT2D eigenvalue weighted by molar-refractivity contribution is 5.47. The standard InChI is InChI=1S/C15H18N8/c1-2-11-3-5-12(6-4-11)9-13(10-15-18-22-23-19-15)7-8-14-16-20-21-17-14/h2-6,13H,1,7-10H2,(H,16,17,20,21)(H,18,19,22,23). The molecule has 2 aromatic heterocycles. The number of nitrogens with zero attached hydrogens (tertiary/aromatic N) is 6. The van der Waals surface area contributed by atoms with Gasteiger partial charge in [-0.3, -0.25) is 0 Å². The Bertz CT molecular complexity index is 703. The Morgan fingerprint density at radius 3 is 2.26 bits per heavy atom. The maximum Gasteiger partial charge on any atom is 0.174 e. The van der Waals surface area contributed by atoms with Crippen molar-refractivity contribution < 1.29 is 0 Å². The number of benzene rings is 1. The highest BCUT2D eigenvalue weighted by atomic mass is 15.5. The molecule has 0 spiro atoms. The van der Waals surface area contributed by atoms with E-state index in [1.807, 2.05) is 6.08 Å². The summed E-state index contributed by atoms with van der Waals surface area (Å²) in [6.45, 7) is 3.78. The number of aryl methyl sites for hydroxylation is 1. The Kier molecular flexibility index (Phi) is 4.82. The number of hydrogen-bond donors (Lipinski definition) is 2. The maximum atomic E-state index is 4.06. The number of aromatic nitrogens is 8. The summed E-state index contributed by atoms with van der Waals surface area (Å²) in [5, 5.41) is 28.3. The predicted octanol–water partition coefficient (Wildman–Crippen LogP) is 1.39. The monoisotopic (exact) mass is 310 g/mol. The van der Waals surface area contributed by atoms with Crippen LogP contribution in [0.4, 0.5) is 0 Å². The van der Waals surface area contributed by atoms with E-state index in [1.54, 1.807) is 0 Å². The van der Waals surface area contributed by atoms with Crippen LogP contribution in [0.1, 0.15) is 29.2 Å². The van der Waals surface area contributed by atoms with Crippen molar-refractivity contribution in [3.8, 4) is 0 Å². The second-order valence-corrected chi connectivity index (χ2v) is 5.41. The molecule has 3 aromatic rings. The van der Waals surface area contributed by atoms with Gasteiger partial charge in [-0.1, -0.05) is 47.3 Å². The zero-order chi connectivity index (χ0) is 15.9. The summed E-state index contributed by atoms with van der Waals surface area (Å²) in [7, 11) is 0. The minimum Gasteiger partial charge on any atom is -0.177 e. The first kappa shape index (κ1) is 15.0. The average molecular weight is 310 g/mol. The van der Waals surface area contributed by atoms with Crippen molar-refractivity contribution in [2.75, 3.05) is 0 Å². The SMILES string of the molecule is C=Cc1ccc(CC(CCc2nn[nH]n2)Cc2nn[nH]n2)cc1. The molecule has 1 aromatic carbocycles. The van der Waals surface area contributed by atoms with Gasteiger partial charge in [-0.05, 0) is 29.9 Å². The highest BCUT2D eigenvalue weighted by Crippen LogP contribution is 2.18. The van der Waals surface area contributed by atoms with Crippen LogP contribution in [0.5, 0.6) is 0 Å². The lowest BCUT2D eigenvalue weighted by Crippen LogP contribution is -2.11. The number of H-pyrrole nitrogens is 2. The van der Waals surface area contributed by atoms with Gasteiger partial charge < -0.3 is 0 Å². The maximum absolute atomic E-state index is 4.06. The fourth-order valence-corrected chi connectivity index (χ4v) is 2.55. The van der Waals surface area contributed by atoms with E-state index in [-0.39, 0.29) is 0 Å². The Hall–Kier alpha value is -2.90. The molecule has 0 aliphatic carbocycles. The van der Waals surface area contributed by atoms with Crippen LogP contribution >= 0.6 is 0 Å². The normalized spacial score (nSPS) is 12.2. The lowest BCUT2D eigenvalue weighted by molar-refractivity contribution is 0.464. The topological polar surface area (TPSA) is 109 Å². The number of nitrogens with one attached hydrogen (secondary N) is 2. The van der Waals surface area contributed by atoms with Gasteiger partial charge in [-0.15, -0.1) is 20.4 Å². The van der Waals surface area contributed by atoms with Gasteiger partial charge in [-0.2, -0.15) is 10.4 Å². The molecule has 0 saturated heterocycles. The molecule has 0 amide bonds. The van der Waals surface area contributed by atoms with E-state index in [4.69, 9.17) is 0 Å². The largest absolute Gasteiger partial charge is 0.177 e. The predicted molar refractivity (Wildman–Crippen MR) is 84.1 cm³/mol. The molecule has 1 atom stereocenters. The van der Waals surface area contributed by atoms with Gasteiger partial charge in [0.1, 0.15) is 0 Å². The van der Waals surface area contributed by atoms with Crippen molar-refractivity contribution in [3.05, 3.63) is 53.6 Å². The van der Waals surface area contributed by atoms with Crippen LogP contribution in [0.2, 0.25) is 0 Å². The first-order chi connectivity index (χ1) is 11.3. The summed E-state index contributed by atoms with van der Waals surface area (Å²) in [5.41, 5.74) is 2.40. The molecular formula is C15H18N8. The van der Waals surface area contributed by atoms with Crippen LogP contribution in [0.25, 0.3) is 6.08 Å². The van der Waals surface area contributed by atoms with Gasteiger partial charge in [0, 0.05) is 12.8 Å². The molecule has 0 fully saturated rings. The summed E-state index contributed by atoms with van der Waals surface area (Å²) in [5.74, 6) is 1.83. The van der Waals surface area contributed by atoms with Crippen LogP contribution in [0, 0.1) is 5.92 Å². The van der Waals surface area contributed by atoms with Gasteiger partial charge in [0.2, 0.25) is 0 Å². The van der Waals surface area contributed by atoms with E-state index in [0.717, 1.165) is 42.9 Å².